The van der Waals surface area contributed by atoms with Crippen molar-refractivity contribution in [1.29, 1.82) is 0 Å². The predicted molar refractivity (Wildman–Crippen MR) is 64.0 cm³/mol. The molecule has 2 aliphatic carbocycles. The highest BCUT2D eigenvalue weighted by molar-refractivity contribution is 5.75. The van der Waals surface area contributed by atoms with Gasteiger partial charge in [-0.05, 0) is 37.5 Å². The first-order valence-electron chi connectivity index (χ1n) is 6.53. The highest BCUT2D eigenvalue weighted by Gasteiger charge is 2.42. The third-order valence-corrected chi connectivity index (χ3v) is 3.55. The number of carboxylic acid groups (broad SMARTS) is 1. The van der Waals surface area contributed by atoms with Crippen molar-refractivity contribution in [1.82, 2.24) is 10.6 Å². The fraction of sp³-hybridized carbons (Fsp3) is 0.833. The summed E-state index contributed by atoms with van der Waals surface area (Å²) in [6, 6.07) is 0.0331. The first-order chi connectivity index (χ1) is 8.58. The van der Waals surface area contributed by atoms with Gasteiger partial charge in [0.25, 0.3) is 0 Å². The van der Waals surface area contributed by atoms with Gasteiger partial charge < -0.3 is 20.8 Å². The minimum Gasteiger partial charge on any atom is -0.479 e. The number of amides is 2. The summed E-state index contributed by atoms with van der Waals surface area (Å²) in [5.74, 6) is 0.00626. The zero-order chi connectivity index (χ0) is 13.1. The number of carboxylic acids is 1. The Labute approximate surface area is 106 Å². The number of urea groups is 1. The summed E-state index contributed by atoms with van der Waals surface area (Å²) in [6.07, 6.45) is 3.39. The van der Waals surface area contributed by atoms with Crippen molar-refractivity contribution in [3.8, 4) is 0 Å². The van der Waals surface area contributed by atoms with Crippen LogP contribution in [0.15, 0.2) is 0 Å². The molecule has 1 atom stereocenters. The Hall–Kier alpha value is -1.30. The summed E-state index contributed by atoms with van der Waals surface area (Å²) in [6.45, 7) is 0.168. The lowest BCUT2D eigenvalue weighted by Gasteiger charge is -2.18. The summed E-state index contributed by atoms with van der Waals surface area (Å²) in [7, 11) is 0. The van der Waals surface area contributed by atoms with Crippen LogP contribution < -0.4 is 10.6 Å². The van der Waals surface area contributed by atoms with Gasteiger partial charge in [0.15, 0.2) is 6.10 Å². The Kier molecular flexibility index (Phi) is 4.06. The molecule has 1 unspecified atom stereocenters. The van der Waals surface area contributed by atoms with Gasteiger partial charge >= 0.3 is 12.0 Å². The van der Waals surface area contributed by atoms with Gasteiger partial charge in [-0.1, -0.05) is 0 Å². The minimum absolute atomic E-state index is 0.0281. The summed E-state index contributed by atoms with van der Waals surface area (Å²) < 4.78 is 0. The SMILES string of the molecule is O=C(NCCC(O)C(=O)O)NC(C1CC1)C1CC1. The number of aliphatic hydroxyl groups is 1. The number of carbonyl (C=O) groups is 2. The highest BCUT2D eigenvalue weighted by Crippen LogP contribution is 2.44. The topological polar surface area (TPSA) is 98.7 Å². The van der Waals surface area contributed by atoms with E-state index in [4.69, 9.17) is 10.2 Å². The van der Waals surface area contributed by atoms with Crippen molar-refractivity contribution in [2.75, 3.05) is 6.54 Å². The fourth-order valence-corrected chi connectivity index (χ4v) is 2.18. The van der Waals surface area contributed by atoms with Crippen LogP contribution in [0.3, 0.4) is 0 Å². The van der Waals surface area contributed by atoms with Gasteiger partial charge in [-0.25, -0.2) is 9.59 Å². The van der Waals surface area contributed by atoms with Crippen LogP contribution in [0.25, 0.3) is 0 Å². The highest BCUT2D eigenvalue weighted by atomic mass is 16.4. The van der Waals surface area contributed by atoms with Gasteiger partial charge in [-0.3, -0.25) is 0 Å². The first kappa shape index (κ1) is 13.1. The number of hydrogen-bond acceptors (Lipinski definition) is 3. The molecule has 0 aromatic heterocycles. The zero-order valence-electron chi connectivity index (χ0n) is 10.3. The van der Waals surface area contributed by atoms with E-state index in [-0.39, 0.29) is 25.0 Å². The summed E-state index contributed by atoms with van der Waals surface area (Å²) >= 11 is 0. The number of hydrogen-bond donors (Lipinski definition) is 4. The zero-order valence-corrected chi connectivity index (χ0v) is 10.3. The normalized spacial score (nSPS) is 20.6. The quantitative estimate of drug-likeness (QED) is 0.527. The van der Waals surface area contributed by atoms with Crippen LogP contribution in [0.4, 0.5) is 4.79 Å². The van der Waals surface area contributed by atoms with Crippen LogP contribution in [0.2, 0.25) is 0 Å². The molecule has 2 rings (SSSR count). The molecule has 0 aromatic carbocycles. The van der Waals surface area contributed by atoms with E-state index in [1.807, 2.05) is 0 Å². The molecule has 4 N–H and O–H groups in total. The molecular formula is C12H20N2O4. The van der Waals surface area contributed by atoms with Gasteiger partial charge in [-0.15, -0.1) is 0 Å². The Morgan fingerprint density at radius 3 is 2.17 bits per heavy atom. The summed E-state index contributed by atoms with van der Waals surface area (Å²) in [5.41, 5.74) is 0. The van der Waals surface area contributed by atoms with E-state index in [2.05, 4.69) is 10.6 Å². The molecule has 0 bridgehead atoms. The molecule has 0 saturated heterocycles. The third kappa shape index (κ3) is 3.87. The number of aliphatic carboxylic acids is 1. The van der Waals surface area contributed by atoms with Crippen molar-refractivity contribution in [3.63, 3.8) is 0 Å². The largest absolute Gasteiger partial charge is 0.479 e. The molecule has 0 aliphatic heterocycles. The van der Waals surface area contributed by atoms with Crippen LogP contribution >= 0.6 is 0 Å². The van der Waals surface area contributed by atoms with Gasteiger partial charge in [0.2, 0.25) is 0 Å². The molecule has 0 radical (unpaired) electrons. The number of aliphatic hydroxyl groups excluding tert-OH is 1. The summed E-state index contributed by atoms with van der Waals surface area (Å²) in [4.78, 5) is 22.0. The van der Waals surface area contributed by atoms with E-state index < -0.39 is 12.1 Å². The maximum Gasteiger partial charge on any atom is 0.332 e. The van der Waals surface area contributed by atoms with Crippen LogP contribution in [0.5, 0.6) is 0 Å². The van der Waals surface area contributed by atoms with E-state index in [0.29, 0.717) is 11.8 Å². The van der Waals surface area contributed by atoms with Crippen molar-refractivity contribution >= 4 is 12.0 Å². The van der Waals surface area contributed by atoms with Crippen LogP contribution in [-0.4, -0.2) is 40.9 Å². The van der Waals surface area contributed by atoms with Crippen molar-refractivity contribution < 1.29 is 19.8 Å². The second-order valence-electron chi connectivity index (χ2n) is 5.24. The maximum atomic E-state index is 11.6. The Morgan fingerprint density at radius 1 is 1.17 bits per heavy atom. The molecule has 6 heteroatoms. The van der Waals surface area contributed by atoms with Gasteiger partial charge in [0.05, 0.1) is 0 Å². The summed E-state index contributed by atoms with van der Waals surface area (Å²) in [5, 5.41) is 23.1. The van der Waals surface area contributed by atoms with E-state index in [9.17, 15) is 9.59 Å². The van der Waals surface area contributed by atoms with E-state index in [1.165, 1.54) is 25.7 Å². The monoisotopic (exact) mass is 256 g/mol. The molecule has 0 spiro atoms. The Morgan fingerprint density at radius 2 is 1.72 bits per heavy atom. The maximum absolute atomic E-state index is 11.6. The van der Waals surface area contributed by atoms with Gasteiger partial charge in [-0.2, -0.15) is 0 Å². The van der Waals surface area contributed by atoms with E-state index >= 15 is 0 Å². The first-order valence-corrected chi connectivity index (χ1v) is 6.53. The van der Waals surface area contributed by atoms with Crippen LogP contribution in [-0.2, 0) is 4.79 Å². The second kappa shape index (κ2) is 5.56. The number of carbonyl (C=O) groups excluding carboxylic acids is 1. The average molecular weight is 256 g/mol. The Balaban J connectivity index is 1.63. The van der Waals surface area contributed by atoms with Crippen LogP contribution in [0.1, 0.15) is 32.1 Å². The number of nitrogens with one attached hydrogen (secondary N) is 2. The van der Waals surface area contributed by atoms with Crippen LogP contribution in [0, 0.1) is 11.8 Å². The molecule has 0 aromatic rings. The molecule has 2 aliphatic rings. The lowest BCUT2D eigenvalue weighted by Crippen LogP contribution is -2.45. The molecule has 2 fully saturated rings. The third-order valence-electron chi connectivity index (χ3n) is 3.55. The van der Waals surface area contributed by atoms with E-state index in [1.54, 1.807) is 0 Å². The number of rotatable bonds is 7. The lowest BCUT2D eigenvalue weighted by atomic mass is 10.1. The minimum atomic E-state index is -1.41. The molecule has 18 heavy (non-hydrogen) atoms. The van der Waals surface area contributed by atoms with Crippen molar-refractivity contribution in [3.05, 3.63) is 0 Å². The molecule has 2 amide bonds. The van der Waals surface area contributed by atoms with Gasteiger partial charge in [0, 0.05) is 19.0 Å². The molecule has 0 heterocycles. The fourth-order valence-electron chi connectivity index (χ4n) is 2.18. The standard InChI is InChI=1S/C12H20N2O4/c15-9(11(16)17)5-6-13-12(18)14-10(7-1-2-7)8-3-4-8/h7-10,15H,1-6H2,(H,16,17)(H2,13,14,18). The van der Waals surface area contributed by atoms with Crippen molar-refractivity contribution in [2.24, 2.45) is 11.8 Å². The smallest absolute Gasteiger partial charge is 0.332 e. The average Bonchev–Trinajstić information content (AvgIpc) is 3.16. The molecule has 2 saturated carbocycles. The lowest BCUT2D eigenvalue weighted by molar-refractivity contribution is -0.146. The molecular weight excluding hydrogens is 236 g/mol. The van der Waals surface area contributed by atoms with Gasteiger partial charge in [0.1, 0.15) is 0 Å². The molecule has 6 nitrogen and oxygen atoms in total. The van der Waals surface area contributed by atoms with Crippen molar-refractivity contribution in [2.45, 2.75) is 44.2 Å². The Bertz CT molecular complexity index is 314. The molecule has 102 valence electrons. The second-order valence-corrected chi connectivity index (χ2v) is 5.24. The van der Waals surface area contributed by atoms with E-state index in [0.717, 1.165) is 0 Å². The predicted octanol–water partition coefficient (Wildman–Crippen LogP) is 0.310.